The summed E-state index contributed by atoms with van der Waals surface area (Å²) in [4.78, 5) is 53.5. The molecule has 2 N–H and O–H groups in total. The summed E-state index contributed by atoms with van der Waals surface area (Å²) in [5.41, 5.74) is 6.47. The van der Waals surface area contributed by atoms with Gasteiger partial charge in [0.15, 0.2) is 16.8 Å². The number of hydrogen-bond acceptors (Lipinski definition) is 13. The van der Waals surface area contributed by atoms with Crippen molar-refractivity contribution in [1.29, 1.82) is 0 Å². The first-order chi connectivity index (χ1) is 28.3. The van der Waals surface area contributed by atoms with E-state index in [4.69, 9.17) is 36.0 Å². The Kier molecular flexibility index (Phi) is 14.2. The topological polar surface area (TPSA) is 186 Å². The fraction of sp³-hybridized carbons (Fsp3) is 0.238. The summed E-state index contributed by atoms with van der Waals surface area (Å²) >= 11 is 6.16. The van der Waals surface area contributed by atoms with Crippen molar-refractivity contribution in [3.63, 3.8) is 0 Å². The van der Waals surface area contributed by atoms with Crippen LogP contribution in [-0.2, 0) is 4.74 Å². The zero-order chi connectivity index (χ0) is 42.4. The normalized spacial score (nSPS) is 10.8. The van der Waals surface area contributed by atoms with Crippen LogP contribution < -0.4 is 14.5 Å². The highest BCUT2D eigenvalue weighted by Crippen LogP contribution is 2.31. The van der Waals surface area contributed by atoms with Crippen LogP contribution in [0.25, 0.3) is 44.6 Å². The fourth-order valence-corrected chi connectivity index (χ4v) is 5.96. The average molecular weight is 832 g/mol. The number of halogens is 1. The number of carbonyl (C=O) groups excluding carboxylic acids is 1. The number of aromatic carboxylic acids is 1. The average Bonchev–Trinajstić information content (AvgIpc) is 3.91. The lowest BCUT2D eigenvalue weighted by atomic mass is 10.1. The number of ether oxygens (including phenoxy) is 1. The Morgan fingerprint density at radius 3 is 1.88 bits per heavy atom. The Hall–Kier alpha value is -6.85. The van der Waals surface area contributed by atoms with E-state index < -0.39 is 11.9 Å². The lowest BCUT2D eigenvalue weighted by Crippen LogP contribution is -2.27. The van der Waals surface area contributed by atoms with E-state index >= 15 is 0 Å². The second kappa shape index (κ2) is 19.3. The third kappa shape index (κ3) is 9.87. The smallest absolute Gasteiger partial charge is 0.536 e. The first-order valence-electron chi connectivity index (χ1n) is 18.3. The van der Waals surface area contributed by atoms with Gasteiger partial charge in [-0.15, -0.1) is 0 Å². The van der Waals surface area contributed by atoms with E-state index in [0.29, 0.717) is 57.9 Å². The van der Waals surface area contributed by atoms with Crippen LogP contribution in [-0.4, -0.2) is 102 Å². The third-order valence-corrected chi connectivity index (χ3v) is 9.60. The van der Waals surface area contributed by atoms with E-state index in [9.17, 15) is 14.7 Å². The molecule has 8 aromatic rings. The number of imidazole rings is 2. The standard InChI is InChI=1S/C20H19N5O2.C14H16ClN3O2.C7H6BN2O2.CH4/c1-12(2)24(3)19-18(14-5-7-17-21-8-9-25(17)11-14)22-15-6-4-13(20(26)27)10-16(15)23-19;1-8(2)18(3)13-12(15)16-10-6-5-9(14(19)20-4)7-11(10)17-13;11-8-12-6-1-2-7-9-3-4-10(7)5-6;/h4-12H,1-3H3,(H,26,27);5-8H,1-4H3;1-5,11H;1H4. The van der Waals surface area contributed by atoms with Crippen molar-refractivity contribution in [2.24, 2.45) is 0 Å². The molecule has 6 aromatic heterocycles. The zero-order valence-corrected chi connectivity index (χ0v) is 34.1. The Bertz CT molecular complexity index is 2780. The molecule has 0 aliphatic heterocycles. The van der Waals surface area contributed by atoms with Gasteiger partial charge >= 0.3 is 19.6 Å². The molecule has 0 saturated heterocycles. The molecule has 1 radical (unpaired) electrons. The molecule has 0 aliphatic rings. The molecule has 0 bridgehead atoms. The molecule has 0 fully saturated rings. The van der Waals surface area contributed by atoms with Crippen LogP contribution in [0.2, 0.25) is 5.15 Å². The molecule has 8 rings (SSSR count). The van der Waals surface area contributed by atoms with Crippen molar-refractivity contribution in [3.8, 4) is 17.0 Å². The number of pyridine rings is 2. The molecular weight excluding hydrogens is 787 g/mol. The van der Waals surface area contributed by atoms with Gasteiger partial charge in [0, 0.05) is 62.7 Å². The molecule has 0 saturated carbocycles. The van der Waals surface area contributed by atoms with Gasteiger partial charge in [-0.05, 0) is 88.4 Å². The molecule has 2 aromatic carbocycles. The van der Waals surface area contributed by atoms with Crippen LogP contribution in [0.4, 0.5) is 11.6 Å². The second-order valence-corrected chi connectivity index (χ2v) is 14.1. The number of anilines is 2. The monoisotopic (exact) mass is 831 g/mol. The van der Waals surface area contributed by atoms with Crippen molar-refractivity contribution in [3.05, 3.63) is 114 Å². The number of methoxy groups -OCH3 is 1. The molecule has 0 unspecified atom stereocenters. The minimum absolute atomic E-state index is 0. The van der Waals surface area contributed by atoms with Gasteiger partial charge in [0.2, 0.25) is 0 Å². The highest BCUT2D eigenvalue weighted by molar-refractivity contribution is 6.32. The van der Waals surface area contributed by atoms with Crippen LogP contribution >= 0.6 is 11.6 Å². The number of esters is 1. The quantitative estimate of drug-likeness (QED) is 0.109. The van der Waals surface area contributed by atoms with Gasteiger partial charge in [0.25, 0.3) is 0 Å². The van der Waals surface area contributed by atoms with Gasteiger partial charge in [-0.1, -0.05) is 19.0 Å². The number of carbonyl (C=O) groups is 2. The largest absolute Gasteiger partial charge is 0.569 e. The van der Waals surface area contributed by atoms with Crippen LogP contribution in [0.15, 0.2) is 97.8 Å². The summed E-state index contributed by atoms with van der Waals surface area (Å²) in [6.07, 6.45) is 10.8. The molecule has 60 heavy (non-hydrogen) atoms. The molecule has 309 valence electrons. The SMILES string of the molecule is C.CC(C)N(C)c1nc2cc(C(=O)O)ccc2nc1-c1ccc2nccn2c1.COC(=O)c1ccc2nc(Cl)c(N(C)C(C)C)nc2c1.O[B]Oc1ccc2nccn2c1. The van der Waals surface area contributed by atoms with Gasteiger partial charge in [-0.3, -0.25) is 0 Å². The van der Waals surface area contributed by atoms with E-state index in [1.807, 2.05) is 66.7 Å². The molecule has 16 nitrogen and oxygen atoms in total. The number of hydrogen-bond donors (Lipinski definition) is 2. The molecule has 0 spiro atoms. The van der Waals surface area contributed by atoms with E-state index in [2.05, 4.69) is 33.8 Å². The van der Waals surface area contributed by atoms with E-state index in [1.54, 1.807) is 77.7 Å². The van der Waals surface area contributed by atoms with Crippen LogP contribution in [0.1, 0.15) is 55.8 Å². The first kappa shape index (κ1) is 44.3. The summed E-state index contributed by atoms with van der Waals surface area (Å²) in [6.45, 7) is 8.21. The van der Waals surface area contributed by atoms with Crippen molar-refractivity contribution < 1.29 is 29.1 Å². The third-order valence-electron chi connectivity index (χ3n) is 9.35. The van der Waals surface area contributed by atoms with E-state index in [-0.39, 0.29) is 25.1 Å². The zero-order valence-electron chi connectivity index (χ0n) is 33.3. The Balaban J connectivity index is 0.000000182. The Morgan fingerprint density at radius 2 is 1.28 bits per heavy atom. The van der Waals surface area contributed by atoms with Gasteiger partial charge < -0.3 is 38.1 Å². The minimum atomic E-state index is -0.980. The maximum atomic E-state index is 11.5. The number of rotatable bonds is 9. The predicted octanol–water partition coefficient (Wildman–Crippen LogP) is 7.28. The van der Waals surface area contributed by atoms with E-state index in [1.165, 1.54) is 7.11 Å². The van der Waals surface area contributed by atoms with Crippen molar-refractivity contribution in [2.45, 2.75) is 47.2 Å². The van der Waals surface area contributed by atoms with Crippen LogP contribution in [0.5, 0.6) is 5.75 Å². The second-order valence-electron chi connectivity index (χ2n) is 13.7. The fourth-order valence-electron chi connectivity index (χ4n) is 5.69. The molecule has 0 amide bonds. The molecule has 0 atom stereocenters. The van der Waals surface area contributed by atoms with E-state index in [0.717, 1.165) is 22.6 Å². The number of fused-ring (bicyclic) bond motifs is 4. The number of benzene rings is 2. The van der Waals surface area contributed by atoms with Crippen LogP contribution in [0.3, 0.4) is 0 Å². The Morgan fingerprint density at radius 1 is 0.733 bits per heavy atom. The molecule has 0 aliphatic carbocycles. The molecular formula is C42H45BClN10O6. The number of carboxylic acid groups (broad SMARTS) is 1. The lowest BCUT2D eigenvalue weighted by Gasteiger charge is -2.25. The summed E-state index contributed by atoms with van der Waals surface area (Å²) in [7, 11) is 5.85. The molecule has 6 heterocycles. The van der Waals surface area contributed by atoms with Gasteiger partial charge in [-0.2, -0.15) is 0 Å². The first-order valence-corrected chi connectivity index (χ1v) is 18.7. The summed E-state index contributed by atoms with van der Waals surface area (Å²) in [6, 6.07) is 17.7. The van der Waals surface area contributed by atoms with Gasteiger partial charge in [0.05, 0.1) is 46.5 Å². The van der Waals surface area contributed by atoms with Crippen molar-refractivity contribution in [2.75, 3.05) is 31.0 Å². The number of aromatic nitrogens is 8. The van der Waals surface area contributed by atoms with Gasteiger partial charge in [0.1, 0.15) is 22.7 Å². The maximum Gasteiger partial charge on any atom is 0.569 e. The summed E-state index contributed by atoms with van der Waals surface area (Å²) in [5, 5.41) is 18.0. The Labute approximate surface area is 352 Å². The maximum absolute atomic E-state index is 11.5. The van der Waals surface area contributed by atoms with Crippen molar-refractivity contribution >= 4 is 76.2 Å². The summed E-state index contributed by atoms with van der Waals surface area (Å²) in [5.74, 6) is 0.494. The van der Waals surface area contributed by atoms with Gasteiger partial charge in [-0.25, -0.2) is 39.5 Å². The number of carboxylic acids is 1. The minimum Gasteiger partial charge on any atom is -0.536 e. The molecule has 18 heteroatoms. The summed E-state index contributed by atoms with van der Waals surface area (Å²) < 4.78 is 13.2. The van der Waals surface area contributed by atoms with Crippen LogP contribution in [0, 0.1) is 0 Å². The van der Waals surface area contributed by atoms with Crippen molar-refractivity contribution in [1.82, 2.24) is 38.7 Å². The highest BCUT2D eigenvalue weighted by atomic mass is 35.5. The lowest BCUT2D eigenvalue weighted by molar-refractivity contribution is 0.0600. The highest BCUT2D eigenvalue weighted by Gasteiger charge is 2.19. The number of nitrogens with zero attached hydrogens (tertiary/aromatic N) is 10. The predicted molar refractivity (Wildman–Crippen MR) is 234 cm³/mol.